The SMILES string of the molecule is CCOC(=O)C1CCN(C(=O)[C@H](C)Sc2nccn2-c2ccc(OC)cc2)CC1. The first-order valence-corrected chi connectivity index (χ1v) is 10.7. The Balaban J connectivity index is 1.59. The number of esters is 1. The Kier molecular flexibility index (Phi) is 7.19. The monoisotopic (exact) mass is 417 g/mol. The predicted molar refractivity (Wildman–Crippen MR) is 111 cm³/mol. The molecule has 2 heterocycles. The third-order valence-corrected chi connectivity index (χ3v) is 6.08. The van der Waals surface area contributed by atoms with Crippen molar-refractivity contribution in [3.05, 3.63) is 36.7 Å². The van der Waals surface area contributed by atoms with Crippen LogP contribution >= 0.6 is 11.8 Å². The first kappa shape index (κ1) is 21.2. The highest BCUT2D eigenvalue weighted by atomic mass is 32.2. The minimum absolute atomic E-state index is 0.0709. The number of rotatable bonds is 7. The molecule has 156 valence electrons. The normalized spacial score (nSPS) is 15.8. The van der Waals surface area contributed by atoms with Gasteiger partial charge in [-0.3, -0.25) is 14.2 Å². The zero-order valence-corrected chi connectivity index (χ0v) is 17.9. The fraction of sp³-hybridized carbons (Fsp3) is 0.476. The van der Waals surface area contributed by atoms with Gasteiger partial charge in [-0.15, -0.1) is 0 Å². The Bertz CT molecular complexity index is 829. The fourth-order valence-corrected chi connectivity index (χ4v) is 4.35. The lowest BCUT2D eigenvalue weighted by atomic mass is 9.97. The second-order valence-corrected chi connectivity index (χ2v) is 8.20. The Hall–Kier alpha value is -2.48. The lowest BCUT2D eigenvalue weighted by molar-refractivity contribution is -0.151. The van der Waals surface area contributed by atoms with Crippen LogP contribution in [0, 0.1) is 5.92 Å². The van der Waals surface area contributed by atoms with Crippen LogP contribution < -0.4 is 4.74 Å². The number of hydrogen-bond acceptors (Lipinski definition) is 6. The van der Waals surface area contributed by atoms with E-state index in [-0.39, 0.29) is 23.0 Å². The average Bonchev–Trinajstić information content (AvgIpc) is 3.21. The number of thioether (sulfide) groups is 1. The van der Waals surface area contributed by atoms with Crippen LogP contribution in [0.1, 0.15) is 26.7 Å². The number of likely N-dealkylation sites (tertiary alicyclic amines) is 1. The Labute approximate surface area is 175 Å². The number of benzene rings is 1. The van der Waals surface area contributed by atoms with Crippen molar-refractivity contribution in [2.75, 3.05) is 26.8 Å². The number of imidazole rings is 1. The van der Waals surface area contributed by atoms with Crippen LogP contribution in [0.2, 0.25) is 0 Å². The fourth-order valence-electron chi connectivity index (χ4n) is 3.38. The number of hydrogen-bond donors (Lipinski definition) is 0. The van der Waals surface area contributed by atoms with E-state index in [0.29, 0.717) is 32.5 Å². The van der Waals surface area contributed by atoms with Crippen LogP contribution in [0.3, 0.4) is 0 Å². The molecular weight excluding hydrogens is 390 g/mol. The van der Waals surface area contributed by atoms with Crippen LogP contribution in [0.25, 0.3) is 5.69 Å². The van der Waals surface area contributed by atoms with Gasteiger partial charge in [-0.05, 0) is 51.0 Å². The molecule has 1 fully saturated rings. The lowest BCUT2D eigenvalue weighted by Crippen LogP contribution is -2.43. The van der Waals surface area contributed by atoms with Crippen LogP contribution in [-0.2, 0) is 14.3 Å². The minimum atomic E-state index is -0.270. The van der Waals surface area contributed by atoms with Gasteiger partial charge in [0.1, 0.15) is 5.75 Å². The van der Waals surface area contributed by atoms with Gasteiger partial charge in [0.15, 0.2) is 5.16 Å². The summed E-state index contributed by atoms with van der Waals surface area (Å²) in [6.07, 6.45) is 4.92. The molecule has 0 unspecified atom stereocenters. The maximum absolute atomic E-state index is 12.9. The molecule has 3 rings (SSSR count). The Morgan fingerprint density at radius 3 is 2.55 bits per heavy atom. The van der Waals surface area contributed by atoms with E-state index in [0.717, 1.165) is 16.6 Å². The van der Waals surface area contributed by atoms with Gasteiger partial charge in [-0.1, -0.05) is 11.8 Å². The maximum Gasteiger partial charge on any atom is 0.309 e. The van der Waals surface area contributed by atoms with Crippen molar-refractivity contribution in [2.24, 2.45) is 5.92 Å². The summed E-state index contributed by atoms with van der Waals surface area (Å²) in [5, 5.41) is 0.492. The number of nitrogens with zero attached hydrogens (tertiary/aromatic N) is 3. The summed E-state index contributed by atoms with van der Waals surface area (Å²) < 4.78 is 12.3. The highest BCUT2D eigenvalue weighted by Gasteiger charge is 2.30. The molecule has 1 aliphatic rings. The largest absolute Gasteiger partial charge is 0.497 e. The van der Waals surface area contributed by atoms with Crippen molar-refractivity contribution < 1.29 is 19.1 Å². The molecule has 0 N–H and O–H groups in total. The molecule has 0 spiro atoms. The molecular formula is C21H27N3O4S. The van der Waals surface area contributed by atoms with E-state index in [1.54, 1.807) is 13.3 Å². The van der Waals surface area contributed by atoms with E-state index >= 15 is 0 Å². The summed E-state index contributed by atoms with van der Waals surface area (Å²) >= 11 is 1.44. The number of aromatic nitrogens is 2. The maximum atomic E-state index is 12.9. The summed E-state index contributed by atoms with van der Waals surface area (Å²) in [7, 11) is 1.64. The highest BCUT2D eigenvalue weighted by molar-refractivity contribution is 8.00. The molecule has 7 nitrogen and oxygen atoms in total. The van der Waals surface area contributed by atoms with Crippen molar-refractivity contribution in [1.82, 2.24) is 14.5 Å². The van der Waals surface area contributed by atoms with Crippen molar-refractivity contribution >= 4 is 23.6 Å². The highest BCUT2D eigenvalue weighted by Crippen LogP contribution is 2.28. The molecule has 1 saturated heterocycles. The average molecular weight is 418 g/mol. The van der Waals surface area contributed by atoms with Crippen LogP contribution in [0.15, 0.2) is 41.8 Å². The van der Waals surface area contributed by atoms with Gasteiger partial charge >= 0.3 is 5.97 Å². The van der Waals surface area contributed by atoms with Gasteiger partial charge in [-0.2, -0.15) is 0 Å². The standard InChI is InChI=1S/C21H27N3O4S/c1-4-28-20(26)16-9-12-23(13-10-16)19(25)15(2)29-21-22-11-14-24(21)17-5-7-18(27-3)8-6-17/h5-8,11,14-16H,4,9-10,12-13H2,1-3H3/t15-/m0/s1. The zero-order chi connectivity index (χ0) is 20.8. The molecule has 1 amide bonds. The molecule has 0 bridgehead atoms. The molecule has 8 heteroatoms. The Morgan fingerprint density at radius 1 is 1.24 bits per heavy atom. The Morgan fingerprint density at radius 2 is 1.93 bits per heavy atom. The first-order valence-electron chi connectivity index (χ1n) is 9.83. The molecule has 1 atom stereocenters. The van der Waals surface area contributed by atoms with Gasteiger partial charge < -0.3 is 14.4 Å². The summed E-state index contributed by atoms with van der Waals surface area (Å²) in [6.45, 7) is 5.27. The summed E-state index contributed by atoms with van der Waals surface area (Å²) in [5.74, 6) is 0.610. The quantitative estimate of drug-likeness (QED) is 0.509. The van der Waals surface area contributed by atoms with Gasteiger partial charge in [-0.25, -0.2) is 4.98 Å². The van der Waals surface area contributed by atoms with Gasteiger partial charge in [0, 0.05) is 31.2 Å². The number of carbonyl (C=O) groups is 2. The van der Waals surface area contributed by atoms with Crippen LogP contribution in [0.4, 0.5) is 0 Å². The molecule has 0 aliphatic carbocycles. The third kappa shape index (κ3) is 5.12. The smallest absolute Gasteiger partial charge is 0.309 e. The van der Waals surface area contributed by atoms with Gasteiger partial charge in [0.25, 0.3) is 0 Å². The van der Waals surface area contributed by atoms with Crippen molar-refractivity contribution in [3.63, 3.8) is 0 Å². The summed E-state index contributed by atoms with van der Waals surface area (Å²) in [4.78, 5) is 31.0. The second-order valence-electron chi connectivity index (χ2n) is 6.89. The van der Waals surface area contributed by atoms with Crippen LogP contribution in [-0.4, -0.2) is 58.4 Å². The molecule has 2 aromatic rings. The number of methoxy groups -OCH3 is 1. The van der Waals surface area contributed by atoms with E-state index in [1.807, 2.05) is 53.8 Å². The molecule has 1 aromatic carbocycles. The van der Waals surface area contributed by atoms with Crippen LogP contribution in [0.5, 0.6) is 5.75 Å². The first-order chi connectivity index (χ1) is 14.0. The van der Waals surface area contributed by atoms with E-state index in [2.05, 4.69) is 4.98 Å². The summed E-state index contributed by atoms with van der Waals surface area (Å²) in [5.41, 5.74) is 0.959. The molecule has 0 radical (unpaired) electrons. The molecule has 1 aromatic heterocycles. The third-order valence-electron chi connectivity index (χ3n) is 5.01. The van der Waals surface area contributed by atoms with E-state index in [9.17, 15) is 9.59 Å². The second kappa shape index (κ2) is 9.82. The number of ether oxygens (including phenoxy) is 2. The van der Waals surface area contributed by atoms with E-state index in [1.165, 1.54) is 11.8 Å². The number of carbonyl (C=O) groups excluding carboxylic acids is 2. The van der Waals surface area contributed by atoms with Crippen molar-refractivity contribution in [2.45, 2.75) is 37.1 Å². The van der Waals surface area contributed by atoms with Crippen molar-refractivity contribution in [3.8, 4) is 11.4 Å². The lowest BCUT2D eigenvalue weighted by Gasteiger charge is -2.32. The molecule has 1 aliphatic heterocycles. The summed E-state index contributed by atoms with van der Waals surface area (Å²) in [6, 6.07) is 7.70. The van der Waals surface area contributed by atoms with E-state index < -0.39 is 0 Å². The number of piperidine rings is 1. The van der Waals surface area contributed by atoms with E-state index in [4.69, 9.17) is 9.47 Å². The topological polar surface area (TPSA) is 73.7 Å². The zero-order valence-electron chi connectivity index (χ0n) is 17.0. The molecule has 29 heavy (non-hydrogen) atoms. The number of amides is 1. The molecule has 0 saturated carbocycles. The van der Waals surface area contributed by atoms with Gasteiger partial charge in [0.05, 0.1) is 24.9 Å². The van der Waals surface area contributed by atoms with Gasteiger partial charge in [0.2, 0.25) is 5.91 Å². The predicted octanol–water partition coefficient (Wildman–Crippen LogP) is 3.16. The van der Waals surface area contributed by atoms with Crippen molar-refractivity contribution in [1.29, 1.82) is 0 Å². The minimum Gasteiger partial charge on any atom is -0.497 e.